The highest BCUT2D eigenvalue weighted by Gasteiger charge is 2.44. The van der Waals surface area contributed by atoms with E-state index in [2.05, 4.69) is 0 Å². The zero-order valence-corrected chi connectivity index (χ0v) is 18.8. The molecular formula is C25H29NO7. The largest absolute Gasteiger partial charge is 0.503 e. The Kier molecular flexibility index (Phi) is 8.46. The third-order valence-electron chi connectivity index (χ3n) is 5.54. The summed E-state index contributed by atoms with van der Waals surface area (Å²) in [5.41, 5.74) is 1.59. The minimum Gasteiger partial charge on any atom is -0.503 e. The predicted molar refractivity (Wildman–Crippen MR) is 121 cm³/mol. The fraction of sp³-hybridized carbons (Fsp3) is 0.360. The number of methoxy groups -OCH3 is 2. The van der Waals surface area contributed by atoms with Crippen molar-refractivity contribution >= 4 is 11.7 Å². The highest BCUT2D eigenvalue weighted by atomic mass is 16.5. The van der Waals surface area contributed by atoms with Gasteiger partial charge in [0.1, 0.15) is 11.5 Å². The third-order valence-corrected chi connectivity index (χ3v) is 5.54. The number of aryl methyl sites for hydroxylation is 1. The lowest BCUT2D eigenvalue weighted by Gasteiger charge is -2.28. The Bertz CT molecular complexity index is 1000. The first kappa shape index (κ1) is 24.3. The van der Waals surface area contributed by atoms with E-state index in [4.69, 9.17) is 19.3 Å². The maximum absolute atomic E-state index is 13.3. The molecule has 0 saturated carbocycles. The van der Waals surface area contributed by atoms with Crippen LogP contribution in [-0.4, -0.2) is 67.4 Å². The van der Waals surface area contributed by atoms with Crippen LogP contribution in [0.1, 0.15) is 23.6 Å². The third kappa shape index (κ3) is 5.53. The van der Waals surface area contributed by atoms with Crippen molar-refractivity contribution in [3.63, 3.8) is 0 Å². The monoisotopic (exact) mass is 455 g/mol. The summed E-state index contributed by atoms with van der Waals surface area (Å²) in [5, 5.41) is 19.7. The second-order valence-electron chi connectivity index (χ2n) is 7.52. The molecule has 0 aliphatic carbocycles. The summed E-state index contributed by atoms with van der Waals surface area (Å²) in [5.74, 6) is -0.530. The van der Waals surface area contributed by atoms with E-state index >= 15 is 0 Å². The molecule has 3 rings (SSSR count). The number of aliphatic hydroxyl groups is 2. The molecule has 1 atom stereocenters. The molecule has 1 aliphatic heterocycles. The highest BCUT2D eigenvalue weighted by molar-refractivity contribution is 6.09. The first-order valence-electron chi connectivity index (χ1n) is 10.7. The maximum atomic E-state index is 13.3. The number of benzene rings is 2. The number of hydrogen-bond donors (Lipinski definition) is 2. The van der Waals surface area contributed by atoms with Crippen LogP contribution in [0.25, 0.3) is 0 Å². The van der Waals surface area contributed by atoms with Crippen molar-refractivity contribution in [1.82, 2.24) is 4.90 Å². The van der Waals surface area contributed by atoms with Gasteiger partial charge in [0.15, 0.2) is 11.5 Å². The first-order valence-corrected chi connectivity index (χ1v) is 10.7. The van der Waals surface area contributed by atoms with Crippen molar-refractivity contribution in [1.29, 1.82) is 0 Å². The SMILES string of the molecule is COc1ccc(C2C(C(=O)CCc3ccccc3)=C(O)C(=O)N2CCOCCO)c(OC)c1. The van der Waals surface area contributed by atoms with E-state index in [0.29, 0.717) is 23.5 Å². The van der Waals surface area contributed by atoms with Crippen LogP contribution in [0.4, 0.5) is 0 Å². The number of hydrogen-bond acceptors (Lipinski definition) is 7. The molecule has 0 spiro atoms. The van der Waals surface area contributed by atoms with Gasteiger partial charge in [-0.2, -0.15) is 0 Å². The quantitative estimate of drug-likeness (QED) is 0.474. The Hall–Kier alpha value is -3.36. The number of rotatable bonds is 12. The lowest BCUT2D eigenvalue weighted by Crippen LogP contribution is -2.34. The van der Waals surface area contributed by atoms with E-state index in [1.807, 2.05) is 30.3 Å². The second kappa shape index (κ2) is 11.5. The Morgan fingerprint density at radius 2 is 1.82 bits per heavy atom. The van der Waals surface area contributed by atoms with Crippen molar-refractivity contribution in [2.24, 2.45) is 0 Å². The summed E-state index contributed by atoms with van der Waals surface area (Å²) in [6.45, 7) is 0.246. The van der Waals surface area contributed by atoms with E-state index in [0.717, 1.165) is 5.56 Å². The van der Waals surface area contributed by atoms with Crippen LogP contribution in [-0.2, 0) is 20.7 Å². The molecular weight excluding hydrogens is 426 g/mol. The van der Waals surface area contributed by atoms with Crippen LogP contribution in [0.5, 0.6) is 11.5 Å². The van der Waals surface area contributed by atoms with E-state index in [-0.39, 0.29) is 44.1 Å². The number of amides is 1. The van der Waals surface area contributed by atoms with Crippen LogP contribution in [0, 0.1) is 0 Å². The number of ether oxygens (including phenoxy) is 3. The van der Waals surface area contributed by atoms with Gasteiger partial charge in [-0.15, -0.1) is 0 Å². The number of Topliss-reactive ketones (excluding diaryl/α,β-unsaturated/α-hetero) is 1. The Morgan fingerprint density at radius 3 is 2.48 bits per heavy atom. The summed E-state index contributed by atoms with van der Waals surface area (Å²) in [7, 11) is 3.02. The molecule has 0 radical (unpaired) electrons. The molecule has 0 fully saturated rings. The summed E-state index contributed by atoms with van der Waals surface area (Å²) in [6.07, 6.45) is 0.622. The van der Waals surface area contributed by atoms with Crippen molar-refractivity contribution in [3.05, 3.63) is 71.0 Å². The van der Waals surface area contributed by atoms with Crippen LogP contribution in [0.3, 0.4) is 0 Å². The Morgan fingerprint density at radius 1 is 1.06 bits per heavy atom. The highest BCUT2D eigenvalue weighted by Crippen LogP contribution is 2.42. The fourth-order valence-corrected chi connectivity index (χ4v) is 3.90. The number of aliphatic hydroxyl groups excluding tert-OH is 2. The minimum absolute atomic E-state index is 0.0431. The van der Waals surface area contributed by atoms with Gasteiger partial charge in [-0.3, -0.25) is 9.59 Å². The summed E-state index contributed by atoms with van der Waals surface area (Å²) < 4.78 is 16.1. The van der Waals surface area contributed by atoms with E-state index in [1.165, 1.54) is 19.1 Å². The molecule has 1 aliphatic rings. The first-order chi connectivity index (χ1) is 16.0. The van der Waals surface area contributed by atoms with Crippen molar-refractivity contribution in [2.45, 2.75) is 18.9 Å². The molecule has 1 heterocycles. The second-order valence-corrected chi connectivity index (χ2v) is 7.52. The smallest absolute Gasteiger partial charge is 0.290 e. The van der Waals surface area contributed by atoms with Gasteiger partial charge in [-0.25, -0.2) is 0 Å². The normalized spacial score (nSPS) is 15.8. The van der Waals surface area contributed by atoms with Crippen LogP contribution >= 0.6 is 0 Å². The average molecular weight is 456 g/mol. The molecule has 2 aromatic rings. The summed E-state index contributed by atoms with van der Waals surface area (Å²) >= 11 is 0. The van der Waals surface area contributed by atoms with Gasteiger partial charge in [0, 0.05) is 24.6 Å². The molecule has 0 aromatic heterocycles. The lowest BCUT2D eigenvalue weighted by atomic mass is 9.92. The fourth-order valence-electron chi connectivity index (χ4n) is 3.90. The zero-order chi connectivity index (χ0) is 23.8. The lowest BCUT2D eigenvalue weighted by molar-refractivity contribution is -0.130. The molecule has 0 saturated heterocycles. The van der Waals surface area contributed by atoms with Gasteiger partial charge in [0.25, 0.3) is 5.91 Å². The molecule has 2 N–H and O–H groups in total. The molecule has 8 nitrogen and oxygen atoms in total. The van der Waals surface area contributed by atoms with Gasteiger partial charge >= 0.3 is 0 Å². The topological polar surface area (TPSA) is 106 Å². The van der Waals surface area contributed by atoms with Crippen molar-refractivity contribution < 1.29 is 34.0 Å². The summed E-state index contributed by atoms with van der Waals surface area (Å²) in [4.78, 5) is 27.6. The maximum Gasteiger partial charge on any atom is 0.290 e. The van der Waals surface area contributed by atoms with Crippen LogP contribution in [0.2, 0.25) is 0 Å². The minimum atomic E-state index is -0.834. The Labute approximate surface area is 193 Å². The molecule has 176 valence electrons. The van der Waals surface area contributed by atoms with E-state index in [9.17, 15) is 14.7 Å². The standard InChI is InChI=1S/C25H29NO7/c1-31-18-9-10-19(21(16-18)32-2)23-22(20(28)11-8-17-6-4-3-5-7-17)24(29)25(30)26(23)12-14-33-15-13-27/h3-7,9-10,16,23,27,29H,8,11-15H2,1-2H3. The van der Waals surface area contributed by atoms with Crippen molar-refractivity contribution in [2.75, 3.05) is 40.6 Å². The van der Waals surface area contributed by atoms with Gasteiger partial charge < -0.3 is 29.3 Å². The number of carbonyl (C=O) groups excluding carboxylic acids is 2. The van der Waals surface area contributed by atoms with Crippen LogP contribution in [0.15, 0.2) is 59.9 Å². The average Bonchev–Trinajstić information content (AvgIpc) is 3.10. The Balaban J connectivity index is 1.94. The van der Waals surface area contributed by atoms with Gasteiger partial charge in [0.2, 0.25) is 0 Å². The van der Waals surface area contributed by atoms with Crippen molar-refractivity contribution in [3.8, 4) is 11.5 Å². The van der Waals surface area contributed by atoms with Gasteiger partial charge in [-0.05, 0) is 24.1 Å². The molecule has 33 heavy (non-hydrogen) atoms. The molecule has 2 aromatic carbocycles. The van der Waals surface area contributed by atoms with E-state index in [1.54, 1.807) is 18.2 Å². The molecule has 1 unspecified atom stereocenters. The number of carbonyl (C=O) groups is 2. The number of ketones is 1. The molecule has 0 bridgehead atoms. The van der Waals surface area contributed by atoms with E-state index < -0.39 is 17.7 Å². The van der Waals surface area contributed by atoms with Gasteiger partial charge in [0.05, 0.1) is 45.7 Å². The van der Waals surface area contributed by atoms with Crippen LogP contribution < -0.4 is 9.47 Å². The van der Waals surface area contributed by atoms with Gasteiger partial charge in [-0.1, -0.05) is 30.3 Å². The molecule has 8 heteroatoms. The summed E-state index contributed by atoms with van der Waals surface area (Å²) in [6, 6.07) is 13.8. The number of nitrogens with zero attached hydrogens (tertiary/aromatic N) is 1. The zero-order valence-electron chi connectivity index (χ0n) is 18.8. The predicted octanol–water partition coefficient (Wildman–Crippen LogP) is 2.61. The molecule has 1 amide bonds.